The van der Waals surface area contributed by atoms with Crippen molar-refractivity contribution in [3.05, 3.63) is 0 Å². The van der Waals surface area contributed by atoms with Gasteiger partial charge in [0.2, 0.25) is 0 Å². The Bertz CT molecular complexity index is 289. The molecule has 0 rings (SSSR count). The van der Waals surface area contributed by atoms with Gasteiger partial charge in [0.05, 0.1) is 5.92 Å². The van der Waals surface area contributed by atoms with Gasteiger partial charge in [-0.25, -0.2) is 0 Å². The summed E-state index contributed by atoms with van der Waals surface area (Å²) in [5, 5.41) is 18.4. The topological polar surface area (TPSA) is 57.5 Å². The van der Waals surface area contributed by atoms with E-state index in [2.05, 4.69) is 12.8 Å². The fourth-order valence-corrected chi connectivity index (χ4v) is 1.91. The van der Waals surface area contributed by atoms with Crippen molar-refractivity contribution in [1.29, 1.82) is 0 Å². The molecule has 18 heavy (non-hydrogen) atoms. The van der Waals surface area contributed by atoms with E-state index in [1.807, 2.05) is 0 Å². The van der Waals surface area contributed by atoms with Gasteiger partial charge >= 0.3 is 5.97 Å². The molecular formula is C15H26O3. The lowest BCUT2D eigenvalue weighted by atomic mass is 9.92. The van der Waals surface area contributed by atoms with E-state index >= 15 is 0 Å². The zero-order valence-corrected chi connectivity index (χ0v) is 11.8. The van der Waals surface area contributed by atoms with E-state index in [4.69, 9.17) is 11.5 Å². The van der Waals surface area contributed by atoms with Crippen molar-refractivity contribution in [2.45, 2.75) is 64.9 Å². The van der Waals surface area contributed by atoms with E-state index in [-0.39, 0.29) is 5.92 Å². The minimum atomic E-state index is -0.989. The first-order valence-electron chi connectivity index (χ1n) is 6.71. The van der Waals surface area contributed by atoms with Crippen molar-refractivity contribution in [3.63, 3.8) is 0 Å². The minimum absolute atomic E-state index is 0.251. The Morgan fingerprint density at radius 2 is 1.83 bits per heavy atom. The van der Waals surface area contributed by atoms with Gasteiger partial charge in [0.1, 0.15) is 5.60 Å². The van der Waals surface area contributed by atoms with Gasteiger partial charge in [-0.1, -0.05) is 39.0 Å². The Balaban J connectivity index is 3.64. The Labute approximate surface area is 111 Å². The number of carboxylic acid groups (broad SMARTS) is 1. The smallest absolute Gasteiger partial charge is 0.306 e. The SMILES string of the molecule is C#CC(C)(O)CCCC(C)CCCC(C)C(=O)O. The Morgan fingerprint density at radius 3 is 2.33 bits per heavy atom. The van der Waals surface area contributed by atoms with Gasteiger partial charge in [0.25, 0.3) is 0 Å². The van der Waals surface area contributed by atoms with Crippen LogP contribution >= 0.6 is 0 Å². The molecule has 0 aromatic heterocycles. The van der Waals surface area contributed by atoms with Crippen molar-refractivity contribution in [2.24, 2.45) is 11.8 Å². The van der Waals surface area contributed by atoms with Crippen LogP contribution in [0.2, 0.25) is 0 Å². The lowest BCUT2D eigenvalue weighted by Gasteiger charge is -2.17. The highest BCUT2D eigenvalue weighted by Crippen LogP contribution is 2.20. The molecule has 0 fully saturated rings. The molecule has 2 N–H and O–H groups in total. The summed E-state index contributed by atoms with van der Waals surface area (Å²) >= 11 is 0. The quantitative estimate of drug-likeness (QED) is 0.622. The molecule has 0 radical (unpaired) electrons. The maximum atomic E-state index is 10.6. The molecule has 0 aliphatic carbocycles. The summed E-state index contributed by atoms with van der Waals surface area (Å²) in [6.45, 7) is 5.57. The molecule has 0 bridgehead atoms. The first kappa shape index (κ1) is 17.0. The van der Waals surface area contributed by atoms with E-state index in [1.165, 1.54) is 0 Å². The highest BCUT2D eigenvalue weighted by molar-refractivity contribution is 5.69. The molecular weight excluding hydrogens is 228 g/mol. The van der Waals surface area contributed by atoms with Gasteiger partial charge in [-0.05, 0) is 32.1 Å². The van der Waals surface area contributed by atoms with Crippen LogP contribution in [-0.2, 0) is 4.79 Å². The Morgan fingerprint density at radius 1 is 1.28 bits per heavy atom. The van der Waals surface area contributed by atoms with Crippen molar-refractivity contribution in [3.8, 4) is 12.3 Å². The maximum absolute atomic E-state index is 10.6. The molecule has 0 aromatic rings. The number of aliphatic hydroxyl groups is 1. The van der Waals surface area contributed by atoms with Gasteiger partial charge in [-0.15, -0.1) is 6.42 Å². The summed E-state index contributed by atoms with van der Waals surface area (Å²) in [6.07, 6.45) is 10.5. The van der Waals surface area contributed by atoms with Crippen LogP contribution in [0.25, 0.3) is 0 Å². The number of hydrogen-bond acceptors (Lipinski definition) is 2. The van der Waals surface area contributed by atoms with Crippen LogP contribution < -0.4 is 0 Å². The summed E-state index contributed by atoms with van der Waals surface area (Å²) in [6, 6.07) is 0. The van der Waals surface area contributed by atoms with Crippen LogP contribution in [0.15, 0.2) is 0 Å². The highest BCUT2D eigenvalue weighted by Gasteiger charge is 2.16. The zero-order valence-electron chi connectivity index (χ0n) is 11.8. The summed E-state index contributed by atoms with van der Waals surface area (Å²) in [4.78, 5) is 10.6. The van der Waals surface area contributed by atoms with Crippen LogP contribution in [-0.4, -0.2) is 21.8 Å². The van der Waals surface area contributed by atoms with Crippen LogP contribution in [0.3, 0.4) is 0 Å². The fourth-order valence-electron chi connectivity index (χ4n) is 1.91. The first-order valence-corrected chi connectivity index (χ1v) is 6.71. The van der Waals surface area contributed by atoms with E-state index in [0.29, 0.717) is 12.3 Å². The van der Waals surface area contributed by atoms with E-state index in [0.717, 1.165) is 32.1 Å². The lowest BCUT2D eigenvalue weighted by Crippen LogP contribution is -2.21. The maximum Gasteiger partial charge on any atom is 0.306 e. The van der Waals surface area contributed by atoms with Crippen molar-refractivity contribution < 1.29 is 15.0 Å². The number of carboxylic acids is 1. The van der Waals surface area contributed by atoms with E-state index in [1.54, 1.807) is 13.8 Å². The van der Waals surface area contributed by atoms with Crippen molar-refractivity contribution >= 4 is 5.97 Å². The summed E-state index contributed by atoms with van der Waals surface area (Å²) < 4.78 is 0. The molecule has 3 heteroatoms. The summed E-state index contributed by atoms with van der Waals surface area (Å²) in [5.74, 6) is 1.97. The van der Waals surface area contributed by atoms with Crippen molar-refractivity contribution in [2.75, 3.05) is 0 Å². The van der Waals surface area contributed by atoms with Crippen LogP contribution in [0.5, 0.6) is 0 Å². The number of terminal acetylenes is 1. The largest absolute Gasteiger partial charge is 0.481 e. The number of rotatable bonds is 9. The average molecular weight is 254 g/mol. The predicted molar refractivity (Wildman–Crippen MR) is 73.1 cm³/mol. The molecule has 0 saturated heterocycles. The third kappa shape index (κ3) is 8.14. The normalized spacial score (nSPS) is 17.5. The third-order valence-corrected chi connectivity index (χ3v) is 3.43. The molecule has 0 amide bonds. The summed E-state index contributed by atoms with van der Waals surface area (Å²) in [5.41, 5.74) is -0.989. The molecule has 3 unspecified atom stereocenters. The molecule has 3 nitrogen and oxygen atoms in total. The molecule has 0 aromatic carbocycles. The highest BCUT2D eigenvalue weighted by atomic mass is 16.4. The molecule has 0 heterocycles. The van der Waals surface area contributed by atoms with Crippen LogP contribution in [0, 0.1) is 24.2 Å². The second kappa shape index (κ2) is 8.16. The standard InChI is InChI=1S/C15H26O3/c1-5-15(4,18)11-7-9-12(2)8-6-10-13(3)14(16)17/h1,12-13,18H,6-11H2,2-4H3,(H,16,17). The van der Waals surface area contributed by atoms with Crippen LogP contribution in [0.4, 0.5) is 0 Å². The van der Waals surface area contributed by atoms with E-state index in [9.17, 15) is 9.90 Å². The minimum Gasteiger partial charge on any atom is -0.481 e. The molecule has 0 aliphatic heterocycles. The molecule has 0 spiro atoms. The first-order chi connectivity index (χ1) is 8.28. The fraction of sp³-hybridized carbons (Fsp3) is 0.800. The van der Waals surface area contributed by atoms with Gasteiger partial charge in [0, 0.05) is 0 Å². The van der Waals surface area contributed by atoms with Gasteiger partial charge in [-0.3, -0.25) is 4.79 Å². The van der Waals surface area contributed by atoms with Gasteiger partial charge in [-0.2, -0.15) is 0 Å². The van der Waals surface area contributed by atoms with Gasteiger partial charge < -0.3 is 10.2 Å². The monoisotopic (exact) mass is 254 g/mol. The second-order valence-electron chi connectivity index (χ2n) is 5.59. The number of aliphatic carboxylic acids is 1. The summed E-state index contributed by atoms with van der Waals surface area (Å²) in [7, 11) is 0. The molecule has 104 valence electrons. The molecule has 0 saturated carbocycles. The average Bonchev–Trinajstić information content (AvgIpc) is 2.28. The second-order valence-corrected chi connectivity index (χ2v) is 5.59. The molecule has 0 aliphatic rings. The Hall–Kier alpha value is -1.01. The lowest BCUT2D eigenvalue weighted by molar-refractivity contribution is -0.141. The molecule has 3 atom stereocenters. The number of carbonyl (C=O) groups is 1. The zero-order chi connectivity index (χ0) is 14.2. The van der Waals surface area contributed by atoms with Crippen LogP contribution in [0.1, 0.15) is 59.3 Å². The van der Waals surface area contributed by atoms with E-state index < -0.39 is 11.6 Å². The predicted octanol–water partition coefficient (Wildman–Crippen LogP) is 3.07. The van der Waals surface area contributed by atoms with Gasteiger partial charge in [0.15, 0.2) is 0 Å². The third-order valence-electron chi connectivity index (χ3n) is 3.43. The van der Waals surface area contributed by atoms with Crippen molar-refractivity contribution in [1.82, 2.24) is 0 Å². The Kier molecular flexibility index (Phi) is 7.70. The number of hydrogen-bond donors (Lipinski definition) is 2.